The molecule has 162 valence electrons. The van der Waals surface area contributed by atoms with Gasteiger partial charge in [-0.05, 0) is 63.4 Å². The molecule has 7 nitrogen and oxygen atoms in total. The number of hydrogen-bond acceptors (Lipinski definition) is 6. The molecule has 1 aromatic carbocycles. The molecule has 2 fully saturated rings. The number of anilines is 2. The Hall–Kier alpha value is -2.19. The van der Waals surface area contributed by atoms with Crippen molar-refractivity contribution >= 4 is 23.2 Å². The summed E-state index contributed by atoms with van der Waals surface area (Å²) in [5.41, 5.74) is 6.53. The van der Waals surface area contributed by atoms with Gasteiger partial charge in [0.15, 0.2) is 0 Å². The van der Waals surface area contributed by atoms with Gasteiger partial charge in [-0.1, -0.05) is 6.92 Å². The Kier molecular flexibility index (Phi) is 9.34. The van der Waals surface area contributed by atoms with Crippen LogP contribution in [-0.4, -0.2) is 50.6 Å². The molecule has 0 radical (unpaired) electrons. The highest BCUT2D eigenvalue weighted by molar-refractivity contribution is 6.01. The van der Waals surface area contributed by atoms with E-state index >= 15 is 0 Å². The summed E-state index contributed by atoms with van der Waals surface area (Å²) in [6, 6.07) is 4.23. The highest BCUT2D eigenvalue weighted by Crippen LogP contribution is 2.24. The third-order valence-corrected chi connectivity index (χ3v) is 5.28. The molecule has 2 aliphatic heterocycles. The molecule has 0 saturated carbocycles. The minimum atomic E-state index is -0.519. The van der Waals surface area contributed by atoms with Gasteiger partial charge in [0.1, 0.15) is 11.9 Å². The summed E-state index contributed by atoms with van der Waals surface area (Å²) >= 11 is 0. The summed E-state index contributed by atoms with van der Waals surface area (Å²) in [5.74, 6) is -0.0437. The van der Waals surface area contributed by atoms with Crippen molar-refractivity contribution in [3.05, 3.63) is 24.0 Å². The highest BCUT2D eigenvalue weighted by atomic mass is 19.1. The molecule has 5 N–H and O–H groups in total. The largest absolute Gasteiger partial charge is 0.374 e. The molecule has 2 aliphatic rings. The molecular formula is C21H34FN5O2. The van der Waals surface area contributed by atoms with E-state index in [0.717, 1.165) is 5.92 Å². The van der Waals surface area contributed by atoms with Gasteiger partial charge >= 0.3 is 0 Å². The van der Waals surface area contributed by atoms with Crippen molar-refractivity contribution in [3.63, 3.8) is 0 Å². The molecule has 2 saturated heterocycles. The van der Waals surface area contributed by atoms with Crippen LogP contribution in [0.25, 0.3) is 0 Å². The van der Waals surface area contributed by atoms with Crippen molar-refractivity contribution in [2.75, 3.05) is 42.9 Å². The van der Waals surface area contributed by atoms with Gasteiger partial charge in [-0.2, -0.15) is 0 Å². The fraction of sp³-hybridized carbons (Fsp3) is 0.619. The number of carbonyl (C=O) groups is 2. The van der Waals surface area contributed by atoms with Gasteiger partial charge in [-0.25, -0.2) is 4.39 Å². The Bertz CT molecular complexity index is 679. The molecule has 0 bridgehead atoms. The number of hydrogen-bond donors (Lipinski definition) is 4. The van der Waals surface area contributed by atoms with Crippen LogP contribution < -0.4 is 26.6 Å². The molecule has 8 heteroatoms. The van der Waals surface area contributed by atoms with E-state index < -0.39 is 6.04 Å². The predicted molar refractivity (Wildman–Crippen MR) is 114 cm³/mol. The van der Waals surface area contributed by atoms with Crippen LogP contribution in [-0.2, 0) is 9.59 Å². The topological polar surface area (TPSA) is 99.5 Å². The number of nitrogens with zero attached hydrogens (tertiary/aromatic N) is 1. The van der Waals surface area contributed by atoms with Crippen LogP contribution >= 0.6 is 0 Å². The van der Waals surface area contributed by atoms with Gasteiger partial charge < -0.3 is 21.3 Å². The van der Waals surface area contributed by atoms with Crippen LogP contribution in [0.4, 0.5) is 15.8 Å². The summed E-state index contributed by atoms with van der Waals surface area (Å²) in [4.78, 5) is 24.6. The smallest absolute Gasteiger partial charge is 0.249 e. The Morgan fingerprint density at radius 1 is 1.24 bits per heavy atom. The molecule has 2 heterocycles. The number of imide groups is 1. The maximum absolute atomic E-state index is 14.2. The number of benzene rings is 1. The molecule has 0 aliphatic carbocycles. The van der Waals surface area contributed by atoms with E-state index in [2.05, 4.69) is 22.9 Å². The van der Waals surface area contributed by atoms with Crippen LogP contribution in [0.3, 0.4) is 0 Å². The zero-order valence-electron chi connectivity index (χ0n) is 17.5. The lowest BCUT2D eigenvalue weighted by Gasteiger charge is -2.25. The fourth-order valence-electron chi connectivity index (χ4n) is 3.46. The molecule has 29 heavy (non-hydrogen) atoms. The molecule has 1 aromatic rings. The Morgan fingerprint density at radius 3 is 2.48 bits per heavy atom. The van der Waals surface area contributed by atoms with Gasteiger partial charge in [-0.3, -0.25) is 14.9 Å². The number of carbonyl (C=O) groups excluding carboxylic acids is 2. The summed E-state index contributed by atoms with van der Waals surface area (Å²) in [7, 11) is 0. The predicted octanol–water partition coefficient (Wildman–Crippen LogP) is 1.83. The van der Waals surface area contributed by atoms with E-state index in [0.29, 0.717) is 37.4 Å². The van der Waals surface area contributed by atoms with Gasteiger partial charge in [0.25, 0.3) is 0 Å². The third kappa shape index (κ3) is 7.29. The standard InChI is InChI=1S/C15H21FN4O2.C6H13N/c1-2-20(8-7-17)13-5-3-10(9-11(13)16)18-12-4-6-14(21)19-15(12)22;1-6-2-4-7-5-3-6/h3,5,9,12,18H,2,4,6-8,17H2,1H3,(H,19,21,22);6-7H,2-5H2,1H3. The minimum Gasteiger partial charge on any atom is -0.374 e. The van der Waals surface area contributed by atoms with Crippen molar-refractivity contribution in [2.45, 2.75) is 45.6 Å². The molecule has 3 rings (SSSR count). The maximum Gasteiger partial charge on any atom is 0.249 e. The molecule has 0 aromatic heterocycles. The molecule has 1 atom stereocenters. The zero-order valence-corrected chi connectivity index (χ0v) is 17.5. The lowest BCUT2D eigenvalue weighted by Crippen LogP contribution is -2.47. The summed E-state index contributed by atoms with van der Waals surface area (Å²) < 4.78 is 14.2. The van der Waals surface area contributed by atoms with Crippen molar-refractivity contribution in [2.24, 2.45) is 11.7 Å². The van der Waals surface area contributed by atoms with Gasteiger partial charge in [0.2, 0.25) is 11.8 Å². The Labute approximate surface area is 172 Å². The number of halogens is 1. The lowest BCUT2D eigenvalue weighted by atomic mass is 10.0. The molecule has 0 spiro atoms. The SMILES string of the molecule is CC1CCNCC1.CCN(CCN)c1ccc(NC2CCC(=O)NC2=O)cc1F. The zero-order chi connectivity index (χ0) is 21.2. The number of nitrogens with two attached hydrogens (primary N) is 1. The van der Waals surface area contributed by atoms with E-state index in [1.807, 2.05) is 11.8 Å². The van der Waals surface area contributed by atoms with E-state index in [9.17, 15) is 14.0 Å². The quantitative estimate of drug-likeness (QED) is 0.537. The fourth-order valence-corrected chi connectivity index (χ4v) is 3.46. The van der Waals surface area contributed by atoms with E-state index in [-0.39, 0.29) is 24.1 Å². The maximum atomic E-state index is 14.2. The number of piperidine rings is 2. The molecular weight excluding hydrogens is 373 g/mol. The lowest BCUT2D eigenvalue weighted by molar-refractivity contribution is -0.133. The number of nitrogens with one attached hydrogen (secondary N) is 3. The van der Waals surface area contributed by atoms with Gasteiger partial charge in [0, 0.05) is 31.7 Å². The van der Waals surface area contributed by atoms with Crippen molar-refractivity contribution in [1.82, 2.24) is 10.6 Å². The van der Waals surface area contributed by atoms with Crippen molar-refractivity contribution in [1.29, 1.82) is 0 Å². The number of rotatable bonds is 6. The van der Waals surface area contributed by atoms with E-state index in [1.165, 1.54) is 32.0 Å². The van der Waals surface area contributed by atoms with Crippen molar-refractivity contribution < 1.29 is 14.0 Å². The summed E-state index contributed by atoms with van der Waals surface area (Å²) in [6.07, 6.45) is 3.44. The molecule has 2 amide bonds. The minimum absolute atomic E-state index is 0.273. The van der Waals surface area contributed by atoms with Crippen LogP contribution in [0.5, 0.6) is 0 Å². The van der Waals surface area contributed by atoms with Crippen LogP contribution in [0.1, 0.15) is 39.5 Å². The van der Waals surface area contributed by atoms with Gasteiger partial charge in [-0.15, -0.1) is 0 Å². The summed E-state index contributed by atoms with van der Waals surface area (Å²) in [5, 5.41) is 8.54. The normalized spacial score (nSPS) is 19.8. The second kappa shape index (κ2) is 11.7. The Morgan fingerprint density at radius 2 is 1.97 bits per heavy atom. The molecule has 1 unspecified atom stereocenters. The second-order valence-electron chi connectivity index (χ2n) is 7.62. The first-order valence-electron chi connectivity index (χ1n) is 10.5. The first kappa shape index (κ1) is 23.1. The highest BCUT2D eigenvalue weighted by Gasteiger charge is 2.26. The van der Waals surface area contributed by atoms with Crippen molar-refractivity contribution in [3.8, 4) is 0 Å². The van der Waals surface area contributed by atoms with Gasteiger partial charge in [0.05, 0.1) is 5.69 Å². The average Bonchev–Trinajstić information content (AvgIpc) is 2.70. The first-order chi connectivity index (χ1) is 13.9. The average molecular weight is 408 g/mol. The van der Waals surface area contributed by atoms with E-state index in [1.54, 1.807) is 12.1 Å². The van der Waals surface area contributed by atoms with Crippen LogP contribution in [0.15, 0.2) is 18.2 Å². The van der Waals surface area contributed by atoms with Crippen LogP contribution in [0, 0.1) is 11.7 Å². The van der Waals surface area contributed by atoms with E-state index in [4.69, 9.17) is 5.73 Å². The monoisotopic (exact) mass is 407 g/mol. The number of amides is 2. The Balaban J connectivity index is 0.000000360. The first-order valence-corrected chi connectivity index (χ1v) is 10.5. The summed E-state index contributed by atoms with van der Waals surface area (Å²) in [6.45, 7) is 8.42. The van der Waals surface area contributed by atoms with Crippen LogP contribution in [0.2, 0.25) is 0 Å². The second-order valence-corrected chi connectivity index (χ2v) is 7.62. The third-order valence-electron chi connectivity index (χ3n) is 5.28. The number of likely N-dealkylation sites (N-methyl/N-ethyl adjacent to an activating group) is 1.